The molecule has 0 saturated heterocycles. The van der Waals surface area contributed by atoms with E-state index in [-0.39, 0.29) is 0 Å². The van der Waals surface area contributed by atoms with Gasteiger partial charge < -0.3 is 10.5 Å². The Bertz CT molecular complexity index is 546. The summed E-state index contributed by atoms with van der Waals surface area (Å²) in [6, 6.07) is 8.05. The van der Waals surface area contributed by atoms with Crippen molar-refractivity contribution in [2.45, 2.75) is 20.3 Å². The summed E-state index contributed by atoms with van der Waals surface area (Å²) in [4.78, 5) is 0. The first-order valence-corrected chi connectivity index (χ1v) is 6.03. The third-order valence-electron chi connectivity index (χ3n) is 3.15. The number of ether oxygens (including phenoxy) is 1. The lowest BCUT2D eigenvalue weighted by Gasteiger charge is -2.09. The topological polar surface area (TPSA) is 53.1 Å². The van der Waals surface area contributed by atoms with Crippen molar-refractivity contribution in [3.63, 3.8) is 0 Å². The Labute approximate surface area is 107 Å². The molecule has 0 spiro atoms. The molecular weight excluding hydrogens is 226 g/mol. The molecule has 2 N–H and O–H groups in total. The van der Waals surface area contributed by atoms with Crippen LogP contribution in [0.5, 0.6) is 0 Å². The van der Waals surface area contributed by atoms with Gasteiger partial charge in [-0.05, 0) is 31.0 Å². The fourth-order valence-electron chi connectivity index (χ4n) is 1.93. The highest BCUT2D eigenvalue weighted by atomic mass is 16.5. The first kappa shape index (κ1) is 12.6. The van der Waals surface area contributed by atoms with Gasteiger partial charge in [0.2, 0.25) is 0 Å². The first-order valence-electron chi connectivity index (χ1n) is 6.03. The number of nitrogen functional groups attached to an aromatic ring is 1. The van der Waals surface area contributed by atoms with E-state index in [1.165, 1.54) is 11.1 Å². The molecule has 18 heavy (non-hydrogen) atoms. The van der Waals surface area contributed by atoms with Gasteiger partial charge in [0.15, 0.2) is 0 Å². The zero-order chi connectivity index (χ0) is 13.1. The van der Waals surface area contributed by atoms with Crippen molar-refractivity contribution in [2.75, 3.05) is 19.5 Å². The second-order valence-electron chi connectivity index (χ2n) is 4.43. The van der Waals surface area contributed by atoms with Crippen molar-refractivity contribution >= 4 is 5.82 Å². The van der Waals surface area contributed by atoms with E-state index in [0.29, 0.717) is 12.4 Å². The van der Waals surface area contributed by atoms with Crippen LogP contribution in [-0.2, 0) is 11.2 Å². The number of methoxy groups -OCH3 is 1. The molecule has 0 aliphatic heterocycles. The molecule has 0 radical (unpaired) electrons. The molecule has 4 heteroatoms. The smallest absolute Gasteiger partial charge is 0.127 e. The molecule has 96 valence electrons. The zero-order valence-electron chi connectivity index (χ0n) is 11.1. The average Bonchev–Trinajstić information content (AvgIpc) is 2.71. The van der Waals surface area contributed by atoms with Crippen molar-refractivity contribution in [3.8, 4) is 5.69 Å². The van der Waals surface area contributed by atoms with Crippen LogP contribution in [0.25, 0.3) is 5.69 Å². The van der Waals surface area contributed by atoms with Crippen LogP contribution in [0.1, 0.15) is 16.8 Å². The number of nitrogens with two attached hydrogens (primary N) is 1. The fourth-order valence-corrected chi connectivity index (χ4v) is 1.93. The molecule has 2 rings (SSSR count). The molecule has 0 saturated carbocycles. The van der Waals surface area contributed by atoms with Crippen LogP contribution in [0.3, 0.4) is 0 Å². The number of anilines is 1. The summed E-state index contributed by atoms with van der Waals surface area (Å²) in [7, 11) is 1.69. The lowest BCUT2D eigenvalue weighted by atomic mass is 10.1. The molecular formula is C14H19N3O. The maximum Gasteiger partial charge on any atom is 0.127 e. The van der Waals surface area contributed by atoms with Crippen LogP contribution in [0, 0.1) is 13.8 Å². The first-order chi connectivity index (χ1) is 8.63. The number of nitrogens with zero attached hydrogens (tertiary/aromatic N) is 2. The molecule has 0 atom stereocenters. The summed E-state index contributed by atoms with van der Waals surface area (Å²) >= 11 is 0. The molecule has 0 amide bonds. The highest BCUT2D eigenvalue weighted by molar-refractivity contribution is 5.49. The summed E-state index contributed by atoms with van der Waals surface area (Å²) in [5, 5.41) is 4.53. The highest BCUT2D eigenvalue weighted by Gasteiger charge is 2.09. The fraction of sp³-hybridized carbons (Fsp3) is 0.357. The van der Waals surface area contributed by atoms with Crippen LogP contribution < -0.4 is 5.73 Å². The second kappa shape index (κ2) is 5.23. The standard InChI is InChI=1S/C14H19N3O/c1-10-5-4-6-13(11(10)2)17-14(15)9-12(16-17)7-8-18-3/h4-6,9H,7-8,15H2,1-3H3. The lowest BCUT2D eigenvalue weighted by molar-refractivity contribution is 0.201. The molecule has 0 fully saturated rings. The monoisotopic (exact) mass is 245 g/mol. The Morgan fingerprint density at radius 1 is 1.33 bits per heavy atom. The summed E-state index contributed by atoms with van der Waals surface area (Å²) < 4.78 is 6.85. The minimum absolute atomic E-state index is 0.656. The minimum Gasteiger partial charge on any atom is -0.384 e. The molecule has 0 aliphatic carbocycles. The lowest BCUT2D eigenvalue weighted by Crippen LogP contribution is -2.05. The van der Waals surface area contributed by atoms with Crippen molar-refractivity contribution in [3.05, 3.63) is 41.1 Å². The SMILES string of the molecule is COCCc1cc(N)n(-c2cccc(C)c2C)n1. The Morgan fingerprint density at radius 2 is 2.11 bits per heavy atom. The van der Waals surface area contributed by atoms with Gasteiger partial charge in [-0.3, -0.25) is 0 Å². The zero-order valence-corrected chi connectivity index (χ0v) is 11.1. The Hall–Kier alpha value is -1.81. The van der Waals surface area contributed by atoms with E-state index in [0.717, 1.165) is 17.8 Å². The highest BCUT2D eigenvalue weighted by Crippen LogP contribution is 2.20. The number of rotatable bonds is 4. The van der Waals surface area contributed by atoms with E-state index < -0.39 is 0 Å². The van der Waals surface area contributed by atoms with Crippen LogP contribution in [0.4, 0.5) is 5.82 Å². The number of aromatic nitrogens is 2. The minimum atomic E-state index is 0.656. The molecule has 1 aromatic heterocycles. The van der Waals surface area contributed by atoms with Gasteiger partial charge in [0, 0.05) is 19.6 Å². The van der Waals surface area contributed by atoms with Gasteiger partial charge in [-0.2, -0.15) is 5.10 Å². The van der Waals surface area contributed by atoms with Crippen LogP contribution in [0.15, 0.2) is 24.3 Å². The molecule has 1 heterocycles. The summed E-state index contributed by atoms with van der Waals surface area (Å²) in [5.41, 5.74) is 10.5. The quantitative estimate of drug-likeness (QED) is 0.899. The predicted octanol–water partition coefficient (Wildman–Crippen LogP) is 2.26. The maximum absolute atomic E-state index is 6.02. The van der Waals surface area contributed by atoms with Gasteiger partial charge in [-0.15, -0.1) is 0 Å². The Balaban J connectivity index is 2.38. The Morgan fingerprint density at radius 3 is 2.83 bits per heavy atom. The molecule has 2 aromatic rings. The van der Waals surface area contributed by atoms with Gasteiger partial charge in [0.1, 0.15) is 5.82 Å². The number of aryl methyl sites for hydroxylation is 1. The molecule has 0 aliphatic rings. The van der Waals surface area contributed by atoms with E-state index in [1.807, 2.05) is 18.2 Å². The van der Waals surface area contributed by atoms with E-state index >= 15 is 0 Å². The second-order valence-corrected chi connectivity index (χ2v) is 4.43. The van der Waals surface area contributed by atoms with Gasteiger partial charge >= 0.3 is 0 Å². The molecule has 4 nitrogen and oxygen atoms in total. The van der Waals surface area contributed by atoms with Crippen molar-refractivity contribution in [1.29, 1.82) is 0 Å². The number of hydrogen-bond acceptors (Lipinski definition) is 3. The summed E-state index contributed by atoms with van der Waals surface area (Å²) in [5.74, 6) is 0.662. The van der Waals surface area contributed by atoms with Crippen LogP contribution in [0.2, 0.25) is 0 Å². The van der Waals surface area contributed by atoms with Crippen LogP contribution >= 0.6 is 0 Å². The number of hydrogen-bond donors (Lipinski definition) is 1. The van der Waals surface area contributed by atoms with E-state index in [9.17, 15) is 0 Å². The van der Waals surface area contributed by atoms with E-state index in [1.54, 1.807) is 11.8 Å². The number of benzene rings is 1. The largest absolute Gasteiger partial charge is 0.384 e. The van der Waals surface area contributed by atoms with Gasteiger partial charge in [-0.1, -0.05) is 12.1 Å². The average molecular weight is 245 g/mol. The third-order valence-corrected chi connectivity index (χ3v) is 3.15. The van der Waals surface area contributed by atoms with Crippen molar-refractivity contribution < 1.29 is 4.74 Å². The normalized spacial score (nSPS) is 10.8. The van der Waals surface area contributed by atoms with E-state index in [2.05, 4.69) is 25.0 Å². The van der Waals surface area contributed by atoms with Crippen LogP contribution in [-0.4, -0.2) is 23.5 Å². The molecule has 0 unspecified atom stereocenters. The van der Waals surface area contributed by atoms with Crippen molar-refractivity contribution in [1.82, 2.24) is 9.78 Å². The van der Waals surface area contributed by atoms with Gasteiger partial charge in [0.25, 0.3) is 0 Å². The molecule has 1 aromatic carbocycles. The van der Waals surface area contributed by atoms with Gasteiger partial charge in [0.05, 0.1) is 18.0 Å². The predicted molar refractivity (Wildman–Crippen MR) is 73.0 cm³/mol. The Kier molecular flexibility index (Phi) is 3.67. The summed E-state index contributed by atoms with van der Waals surface area (Å²) in [6.45, 7) is 4.83. The molecule has 0 bridgehead atoms. The maximum atomic E-state index is 6.02. The van der Waals surface area contributed by atoms with E-state index in [4.69, 9.17) is 10.5 Å². The third kappa shape index (κ3) is 2.38. The van der Waals surface area contributed by atoms with Crippen molar-refractivity contribution in [2.24, 2.45) is 0 Å². The van der Waals surface area contributed by atoms with Gasteiger partial charge in [-0.25, -0.2) is 4.68 Å². The summed E-state index contributed by atoms with van der Waals surface area (Å²) in [6.07, 6.45) is 0.776.